The Hall–Kier alpha value is 1.38. The summed E-state index contributed by atoms with van der Waals surface area (Å²) in [5, 5.41) is 33.8. The Labute approximate surface area is 184 Å². The summed E-state index contributed by atoms with van der Waals surface area (Å²) in [5.74, 6) is -5.02. The number of hydrogen-bond acceptors (Lipinski definition) is 5. The van der Waals surface area contributed by atoms with Crippen LogP contribution in [0.3, 0.4) is 0 Å². The molecule has 0 saturated heterocycles. The fourth-order valence-corrected chi connectivity index (χ4v) is 0.714. The molecule has 0 aromatic rings. The van der Waals surface area contributed by atoms with E-state index in [0.29, 0.717) is 0 Å². The van der Waals surface area contributed by atoms with Crippen LogP contribution in [0.4, 0.5) is 0 Å². The number of carboxylic acids is 3. The Bertz CT molecular complexity index is 355. The van der Waals surface area contributed by atoms with Crippen molar-refractivity contribution in [1.82, 2.24) is 0 Å². The molecule has 0 aliphatic rings. The van der Waals surface area contributed by atoms with Crippen molar-refractivity contribution in [2.24, 2.45) is 0 Å². The van der Waals surface area contributed by atoms with Crippen molar-refractivity contribution < 1.29 is 54.1 Å². The summed E-state index contributed by atoms with van der Waals surface area (Å²) in [6.07, 6.45) is -2.29. The van der Waals surface area contributed by atoms with Crippen LogP contribution >= 0.6 is 7.82 Å². The van der Waals surface area contributed by atoms with Gasteiger partial charge in [-0.1, -0.05) is 0 Å². The van der Waals surface area contributed by atoms with Crippen LogP contribution in [0.25, 0.3) is 0 Å². The number of phosphoric acid groups is 1. The fraction of sp³-hybridized carbons (Fsp3) is 0.500. The molecule has 0 fully saturated rings. The SMILES string of the molecule is O=C(O)CC(O)(CC(=O)O)C(=O)O.O=P(O)(O)O.[CaH2].[KH]. The van der Waals surface area contributed by atoms with Crippen molar-refractivity contribution in [3.63, 3.8) is 0 Å². The summed E-state index contributed by atoms with van der Waals surface area (Å²) in [6, 6.07) is 0. The van der Waals surface area contributed by atoms with Gasteiger partial charge in [0.15, 0.2) is 5.60 Å². The quantitative estimate of drug-likeness (QED) is 0.184. The molecule has 0 bridgehead atoms. The molecular weight excluding hydrogens is 358 g/mol. The van der Waals surface area contributed by atoms with E-state index in [-0.39, 0.29) is 89.1 Å². The number of aliphatic hydroxyl groups is 1. The summed E-state index contributed by atoms with van der Waals surface area (Å²) in [6.45, 7) is 0. The van der Waals surface area contributed by atoms with E-state index in [1.54, 1.807) is 0 Å². The van der Waals surface area contributed by atoms with Crippen LogP contribution in [0, 0.1) is 0 Å². The Morgan fingerprint density at radius 2 is 1.10 bits per heavy atom. The van der Waals surface area contributed by atoms with Gasteiger partial charge in [-0.15, -0.1) is 0 Å². The van der Waals surface area contributed by atoms with Crippen LogP contribution in [-0.2, 0) is 18.9 Å². The molecule has 0 atom stereocenters. The van der Waals surface area contributed by atoms with Crippen LogP contribution in [0.15, 0.2) is 0 Å². The van der Waals surface area contributed by atoms with Crippen LogP contribution < -0.4 is 0 Å². The molecule has 11 nitrogen and oxygen atoms in total. The van der Waals surface area contributed by atoms with Gasteiger partial charge in [0.05, 0.1) is 12.8 Å². The van der Waals surface area contributed by atoms with Crippen LogP contribution in [0.5, 0.6) is 0 Å². The Kier molecular flexibility index (Phi) is 18.9. The Morgan fingerprint density at radius 3 is 1.20 bits per heavy atom. The number of rotatable bonds is 5. The molecule has 20 heavy (non-hydrogen) atoms. The van der Waals surface area contributed by atoms with E-state index in [1.807, 2.05) is 0 Å². The molecule has 7 N–H and O–H groups in total. The molecule has 112 valence electrons. The monoisotopic (exact) mass is 372 g/mol. The van der Waals surface area contributed by atoms with Gasteiger partial charge in [-0.25, -0.2) is 9.36 Å². The third kappa shape index (κ3) is 21.7. The standard InChI is InChI=1S/C6H8O7.Ca.K.H3O4P.3H/c7-3(8)1-6(13,5(11)12)2-4(9)10;;;1-5(2,3)4;;;/h13H,1-2H2,(H,7,8)(H,9,10)(H,11,12);;;(H3,1,2,3,4);;;. The Balaban J connectivity index is -0.000000158. The first kappa shape index (κ1) is 29.4. The zero-order chi connectivity index (χ0) is 15.1. The fourth-order valence-electron chi connectivity index (χ4n) is 0.714. The molecule has 0 aliphatic carbocycles. The zero-order valence-electron chi connectivity index (χ0n) is 8.62. The number of aliphatic carboxylic acids is 3. The van der Waals surface area contributed by atoms with E-state index in [9.17, 15) is 14.4 Å². The molecule has 0 aliphatic heterocycles. The van der Waals surface area contributed by atoms with Crippen molar-refractivity contribution in [2.75, 3.05) is 0 Å². The average molecular weight is 372 g/mol. The van der Waals surface area contributed by atoms with Gasteiger partial charge in [0.25, 0.3) is 0 Å². The zero-order valence-corrected chi connectivity index (χ0v) is 9.52. The summed E-state index contributed by atoms with van der Waals surface area (Å²) in [7, 11) is -4.64. The van der Waals surface area contributed by atoms with E-state index >= 15 is 0 Å². The summed E-state index contributed by atoms with van der Waals surface area (Å²) in [4.78, 5) is 52.0. The first-order chi connectivity index (χ1) is 7.78. The molecule has 0 spiro atoms. The van der Waals surface area contributed by atoms with Crippen molar-refractivity contribution >= 4 is 115 Å². The van der Waals surface area contributed by atoms with Gasteiger partial charge >= 0.3 is 115 Å². The van der Waals surface area contributed by atoms with E-state index in [4.69, 9.17) is 39.7 Å². The molecule has 14 heteroatoms. The van der Waals surface area contributed by atoms with E-state index < -0.39 is 44.2 Å². The third-order valence-electron chi connectivity index (χ3n) is 1.29. The molecule has 0 saturated carbocycles. The van der Waals surface area contributed by atoms with Gasteiger partial charge in [0.2, 0.25) is 0 Å². The van der Waals surface area contributed by atoms with Crippen molar-refractivity contribution in [3.05, 3.63) is 0 Å². The first-order valence-electron chi connectivity index (χ1n) is 3.95. The van der Waals surface area contributed by atoms with E-state index in [2.05, 4.69) is 0 Å². The van der Waals surface area contributed by atoms with Gasteiger partial charge in [-0.3, -0.25) is 9.59 Å². The minimum atomic E-state index is -4.64. The van der Waals surface area contributed by atoms with Crippen molar-refractivity contribution in [3.8, 4) is 0 Å². The molecule has 0 unspecified atom stereocenters. The molecule has 0 aromatic heterocycles. The summed E-state index contributed by atoms with van der Waals surface area (Å²) in [5.41, 5.74) is -2.74. The maximum atomic E-state index is 10.3. The minimum absolute atomic E-state index is 0. The topological polar surface area (TPSA) is 210 Å². The number of hydrogen-bond donors (Lipinski definition) is 7. The van der Waals surface area contributed by atoms with Crippen LogP contribution in [0.1, 0.15) is 12.8 Å². The van der Waals surface area contributed by atoms with Gasteiger partial charge in [0.1, 0.15) is 0 Å². The normalized spacial score (nSPS) is 10.0. The van der Waals surface area contributed by atoms with Gasteiger partial charge in [-0.2, -0.15) is 0 Å². The van der Waals surface area contributed by atoms with Crippen LogP contribution in [-0.4, -0.2) is 148 Å². The second-order valence-electron chi connectivity index (χ2n) is 2.99. The van der Waals surface area contributed by atoms with Crippen molar-refractivity contribution in [1.29, 1.82) is 0 Å². The molecule has 0 radical (unpaired) electrons. The molecular formula is C6H14CaKO11P. The molecule has 0 heterocycles. The summed E-state index contributed by atoms with van der Waals surface area (Å²) < 4.78 is 8.88. The first-order valence-corrected chi connectivity index (χ1v) is 5.52. The van der Waals surface area contributed by atoms with Crippen molar-refractivity contribution in [2.45, 2.75) is 18.4 Å². The summed E-state index contributed by atoms with van der Waals surface area (Å²) >= 11 is 0. The average Bonchev–Trinajstić information content (AvgIpc) is 1.95. The Morgan fingerprint density at radius 1 is 0.900 bits per heavy atom. The predicted molar refractivity (Wildman–Crippen MR) is 67.0 cm³/mol. The van der Waals surface area contributed by atoms with Gasteiger partial charge in [-0.05, 0) is 0 Å². The number of carboxylic acid groups (broad SMARTS) is 3. The van der Waals surface area contributed by atoms with Gasteiger partial charge in [0, 0.05) is 0 Å². The molecule has 0 rings (SSSR count). The van der Waals surface area contributed by atoms with E-state index in [0.717, 1.165) is 0 Å². The number of carbonyl (C=O) groups is 3. The molecule has 0 amide bonds. The predicted octanol–water partition coefficient (Wildman–Crippen LogP) is -3.74. The second-order valence-corrected chi connectivity index (χ2v) is 4.02. The van der Waals surface area contributed by atoms with Gasteiger partial charge < -0.3 is 35.1 Å². The van der Waals surface area contributed by atoms with E-state index in [1.165, 1.54) is 0 Å². The second kappa shape index (κ2) is 12.9. The maximum absolute atomic E-state index is 10.3. The molecule has 0 aromatic carbocycles. The third-order valence-corrected chi connectivity index (χ3v) is 1.29. The van der Waals surface area contributed by atoms with Crippen LogP contribution in [0.2, 0.25) is 0 Å².